The van der Waals surface area contributed by atoms with Crippen LogP contribution in [0.3, 0.4) is 0 Å². The third-order valence-corrected chi connectivity index (χ3v) is 4.52. The minimum Gasteiger partial charge on any atom is -0.355 e. The summed E-state index contributed by atoms with van der Waals surface area (Å²) in [6.45, 7) is 4.16. The van der Waals surface area contributed by atoms with Crippen molar-refractivity contribution in [2.24, 2.45) is 0 Å². The van der Waals surface area contributed by atoms with Gasteiger partial charge in [-0.25, -0.2) is 4.68 Å². The van der Waals surface area contributed by atoms with Crippen LogP contribution in [0.1, 0.15) is 24.8 Å². The monoisotopic (exact) mass is 322 g/mol. The van der Waals surface area contributed by atoms with E-state index in [1.807, 2.05) is 24.4 Å². The van der Waals surface area contributed by atoms with Gasteiger partial charge in [-0.3, -0.25) is 0 Å². The lowest BCUT2D eigenvalue weighted by Crippen LogP contribution is -2.32. The highest BCUT2D eigenvalue weighted by molar-refractivity contribution is 5.60. The molecule has 3 heterocycles. The molecule has 0 radical (unpaired) electrons. The average Bonchev–Trinajstić information content (AvgIpc) is 3.22. The number of nitrogens with zero attached hydrogens (tertiary/aromatic N) is 5. The van der Waals surface area contributed by atoms with E-state index >= 15 is 0 Å². The lowest BCUT2D eigenvalue weighted by atomic mass is 10.1. The maximum absolute atomic E-state index is 6.07. The van der Waals surface area contributed by atoms with Crippen LogP contribution in [0.2, 0.25) is 0 Å². The minimum atomic E-state index is 0.747. The summed E-state index contributed by atoms with van der Waals surface area (Å²) in [5.74, 6) is 7.77. The molecular weight excluding hydrogens is 300 g/mol. The predicted octanol–water partition coefficient (Wildman–Crippen LogP) is 2.75. The summed E-state index contributed by atoms with van der Waals surface area (Å²) in [7, 11) is 0. The van der Waals surface area contributed by atoms with Gasteiger partial charge in [-0.05, 0) is 38.3 Å². The Hall–Kier alpha value is -2.76. The fourth-order valence-electron chi connectivity index (χ4n) is 3.25. The molecule has 0 aliphatic carbocycles. The minimum absolute atomic E-state index is 0.747. The van der Waals surface area contributed by atoms with E-state index in [1.54, 1.807) is 4.68 Å². The number of benzene rings is 1. The fourth-order valence-corrected chi connectivity index (χ4v) is 3.25. The van der Waals surface area contributed by atoms with Gasteiger partial charge >= 0.3 is 0 Å². The Labute approximate surface area is 141 Å². The van der Waals surface area contributed by atoms with Crippen LogP contribution >= 0.6 is 0 Å². The quantitative estimate of drug-likeness (QED) is 0.753. The molecule has 0 spiro atoms. The molecule has 0 saturated carbocycles. The first-order valence-electron chi connectivity index (χ1n) is 8.44. The Morgan fingerprint density at radius 1 is 1.00 bits per heavy atom. The van der Waals surface area contributed by atoms with Crippen molar-refractivity contribution in [2.75, 3.05) is 23.8 Å². The zero-order valence-electron chi connectivity index (χ0n) is 13.9. The number of anilines is 1. The summed E-state index contributed by atoms with van der Waals surface area (Å²) in [5, 5.41) is 9.09. The van der Waals surface area contributed by atoms with Crippen LogP contribution in [0.15, 0.2) is 42.6 Å². The number of nitrogen functional groups attached to an aromatic ring is 1. The highest BCUT2D eigenvalue weighted by atomic mass is 15.5. The third kappa shape index (κ3) is 2.75. The highest BCUT2D eigenvalue weighted by Crippen LogP contribution is 2.23. The van der Waals surface area contributed by atoms with Gasteiger partial charge in [-0.1, -0.05) is 23.8 Å². The Morgan fingerprint density at radius 3 is 2.62 bits per heavy atom. The van der Waals surface area contributed by atoms with Gasteiger partial charge in [0.1, 0.15) is 0 Å². The Balaban J connectivity index is 1.63. The predicted molar refractivity (Wildman–Crippen MR) is 95.7 cm³/mol. The first kappa shape index (κ1) is 14.8. The Bertz CT molecular complexity index is 841. The molecule has 6 heteroatoms. The van der Waals surface area contributed by atoms with Crippen LogP contribution in [-0.4, -0.2) is 32.8 Å². The van der Waals surface area contributed by atoms with Gasteiger partial charge < -0.3 is 10.7 Å². The molecule has 0 atom stereocenters. The average molecular weight is 322 g/mol. The summed E-state index contributed by atoms with van der Waals surface area (Å²) in [6, 6.07) is 12.4. The van der Waals surface area contributed by atoms with E-state index < -0.39 is 0 Å². The van der Waals surface area contributed by atoms with E-state index in [0.29, 0.717) is 0 Å². The van der Waals surface area contributed by atoms with Gasteiger partial charge in [0.2, 0.25) is 0 Å². The SMILES string of the molecule is Cc1cccc(-c2ccn(-c3cc(N4CCCCC4)n(N)n3)n2)c1. The second-order valence-electron chi connectivity index (χ2n) is 6.37. The molecule has 4 rings (SSSR count). The van der Waals surface area contributed by atoms with E-state index in [0.717, 1.165) is 36.0 Å². The van der Waals surface area contributed by atoms with Crippen LogP contribution < -0.4 is 10.7 Å². The molecule has 1 fully saturated rings. The van der Waals surface area contributed by atoms with Gasteiger partial charge in [-0.2, -0.15) is 9.89 Å². The van der Waals surface area contributed by atoms with E-state index in [-0.39, 0.29) is 0 Å². The van der Waals surface area contributed by atoms with E-state index in [9.17, 15) is 0 Å². The molecule has 124 valence electrons. The van der Waals surface area contributed by atoms with Crippen molar-refractivity contribution in [3.05, 3.63) is 48.2 Å². The molecule has 1 saturated heterocycles. The number of rotatable bonds is 3. The Morgan fingerprint density at radius 2 is 1.83 bits per heavy atom. The maximum atomic E-state index is 6.07. The zero-order valence-corrected chi connectivity index (χ0v) is 13.9. The van der Waals surface area contributed by atoms with Crippen LogP contribution in [0.5, 0.6) is 0 Å². The molecule has 1 aliphatic heterocycles. The van der Waals surface area contributed by atoms with Gasteiger partial charge in [-0.15, -0.1) is 5.10 Å². The van der Waals surface area contributed by atoms with Crippen molar-refractivity contribution in [2.45, 2.75) is 26.2 Å². The normalized spacial score (nSPS) is 15.0. The second-order valence-corrected chi connectivity index (χ2v) is 6.37. The van der Waals surface area contributed by atoms with Crippen molar-refractivity contribution in [1.82, 2.24) is 19.7 Å². The van der Waals surface area contributed by atoms with Gasteiger partial charge in [0.25, 0.3) is 0 Å². The number of piperidine rings is 1. The first-order chi connectivity index (χ1) is 11.7. The molecule has 1 aromatic carbocycles. The molecule has 0 bridgehead atoms. The van der Waals surface area contributed by atoms with Gasteiger partial charge in [0.05, 0.1) is 5.69 Å². The number of aryl methyl sites for hydroxylation is 1. The third-order valence-electron chi connectivity index (χ3n) is 4.52. The molecule has 24 heavy (non-hydrogen) atoms. The Kier molecular flexibility index (Phi) is 3.72. The van der Waals surface area contributed by atoms with Gasteiger partial charge in [0, 0.05) is 30.9 Å². The molecule has 6 nitrogen and oxygen atoms in total. The second kappa shape index (κ2) is 6.03. The first-order valence-corrected chi connectivity index (χ1v) is 8.44. The van der Waals surface area contributed by atoms with E-state index in [1.165, 1.54) is 29.6 Å². The maximum Gasteiger partial charge on any atom is 0.179 e. The van der Waals surface area contributed by atoms with Crippen LogP contribution in [0.4, 0.5) is 5.82 Å². The summed E-state index contributed by atoms with van der Waals surface area (Å²) in [4.78, 5) is 3.76. The molecule has 1 aliphatic rings. The largest absolute Gasteiger partial charge is 0.355 e. The van der Waals surface area contributed by atoms with Crippen molar-refractivity contribution in [3.63, 3.8) is 0 Å². The highest BCUT2D eigenvalue weighted by Gasteiger charge is 2.17. The van der Waals surface area contributed by atoms with Crippen molar-refractivity contribution in [1.29, 1.82) is 0 Å². The van der Waals surface area contributed by atoms with E-state index in [2.05, 4.69) is 40.2 Å². The standard InChI is InChI=1S/C18H22N6/c1-14-6-5-7-15(12-14)16-8-11-23(20-16)17-13-18(24(19)21-17)22-9-3-2-4-10-22/h5-8,11-13H,2-4,9-10,19H2,1H3. The van der Waals surface area contributed by atoms with Crippen molar-refractivity contribution < 1.29 is 0 Å². The zero-order chi connectivity index (χ0) is 16.5. The topological polar surface area (TPSA) is 64.9 Å². The molecule has 3 aromatic rings. The van der Waals surface area contributed by atoms with Crippen molar-refractivity contribution >= 4 is 5.82 Å². The molecule has 0 unspecified atom stereocenters. The van der Waals surface area contributed by atoms with Crippen LogP contribution in [0, 0.1) is 6.92 Å². The van der Waals surface area contributed by atoms with Crippen LogP contribution in [0.25, 0.3) is 17.1 Å². The fraction of sp³-hybridized carbons (Fsp3) is 0.333. The summed E-state index contributed by atoms with van der Waals surface area (Å²) in [5.41, 5.74) is 3.27. The number of hydrogen-bond acceptors (Lipinski definition) is 4. The molecule has 0 amide bonds. The number of hydrogen-bond donors (Lipinski definition) is 1. The molecule has 2 aromatic heterocycles. The lowest BCUT2D eigenvalue weighted by molar-refractivity contribution is 0.565. The van der Waals surface area contributed by atoms with Gasteiger partial charge in [0.15, 0.2) is 11.6 Å². The lowest BCUT2D eigenvalue weighted by Gasteiger charge is -2.27. The summed E-state index contributed by atoms with van der Waals surface area (Å²) in [6.07, 6.45) is 5.64. The smallest absolute Gasteiger partial charge is 0.179 e. The van der Waals surface area contributed by atoms with E-state index in [4.69, 9.17) is 5.84 Å². The number of aromatic nitrogens is 4. The molecule has 2 N–H and O–H groups in total. The van der Waals surface area contributed by atoms with Crippen molar-refractivity contribution in [3.8, 4) is 17.1 Å². The molecular formula is C18H22N6. The number of nitrogens with two attached hydrogens (primary N) is 1. The summed E-state index contributed by atoms with van der Waals surface area (Å²) >= 11 is 0. The summed E-state index contributed by atoms with van der Waals surface area (Å²) < 4.78 is 1.79. The van der Waals surface area contributed by atoms with Crippen LogP contribution in [-0.2, 0) is 0 Å².